The minimum absolute atomic E-state index is 0.131. The number of hydrogen-bond donors (Lipinski definition) is 0. The molecule has 1 rings (SSSR count). The van der Waals surface area contributed by atoms with Crippen molar-refractivity contribution >= 4 is 5.97 Å². The molecule has 1 aliphatic rings. The summed E-state index contributed by atoms with van der Waals surface area (Å²) in [5.74, 6) is -0.131. The van der Waals surface area contributed by atoms with Crippen molar-refractivity contribution in [2.24, 2.45) is 0 Å². The number of ether oxygens (including phenoxy) is 1. The first-order valence-electron chi connectivity index (χ1n) is 12.1. The predicted octanol–water partition coefficient (Wildman–Crippen LogP) is 7.38. The smallest absolute Gasteiger partial charge is 0.302 e. The normalized spacial score (nSPS) is 14.6. The molecule has 0 aromatic carbocycles. The van der Waals surface area contributed by atoms with E-state index in [0.717, 1.165) is 25.9 Å². The maximum Gasteiger partial charge on any atom is 0.302 e. The summed E-state index contributed by atoms with van der Waals surface area (Å²) < 4.78 is 5.29. The van der Waals surface area contributed by atoms with Crippen LogP contribution in [0.5, 0.6) is 0 Å². The SMILES string of the molecule is CC.CC.CCCCCCCCCCCCCN1CCC(OC(C)=O)CC1. The lowest BCUT2D eigenvalue weighted by Gasteiger charge is -2.31. The Balaban J connectivity index is 0. The van der Waals surface area contributed by atoms with Crippen LogP contribution in [0.25, 0.3) is 0 Å². The molecule has 0 aromatic heterocycles. The summed E-state index contributed by atoms with van der Waals surface area (Å²) >= 11 is 0. The van der Waals surface area contributed by atoms with E-state index in [1.54, 1.807) is 0 Å². The van der Waals surface area contributed by atoms with E-state index in [2.05, 4.69) is 11.8 Å². The summed E-state index contributed by atoms with van der Waals surface area (Å²) in [7, 11) is 0. The van der Waals surface area contributed by atoms with Crippen LogP contribution in [-0.2, 0) is 9.53 Å². The minimum atomic E-state index is -0.131. The first-order chi connectivity index (χ1) is 13.2. The number of carbonyl (C=O) groups excluding carboxylic acids is 1. The number of nitrogens with zero attached hydrogens (tertiary/aromatic N) is 1. The van der Waals surface area contributed by atoms with Gasteiger partial charge in [0.15, 0.2) is 0 Å². The van der Waals surface area contributed by atoms with Gasteiger partial charge in [-0.15, -0.1) is 0 Å². The van der Waals surface area contributed by atoms with Gasteiger partial charge in [0.05, 0.1) is 0 Å². The van der Waals surface area contributed by atoms with E-state index in [0.29, 0.717) is 0 Å². The molecule has 27 heavy (non-hydrogen) atoms. The number of likely N-dealkylation sites (tertiary alicyclic amines) is 1. The number of piperidine rings is 1. The molecule has 3 heteroatoms. The number of unbranched alkanes of at least 4 members (excludes halogenated alkanes) is 10. The lowest BCUT2D eigenvalue weighted by Crippen LogP contribution is -2.38. The van der Waals surface area contributed by atoms with Crippen molar-refractivity contribution in [1.29, 1.82) is 0 Å². The lowest BCUT2D eigenvalue weighted by molar-refractivity contribution is -0.148. The van der Waals surface area contributed by atoms with Crippen LogP contribution in [0.15, 0.2) is 0 Å². The zero-order chi connectivity index (χ0) is 20.8. The van der Waals surface area contributed by atoms with Gasteiger partial charge in [0, 0.05) is 20.0 Å². The third-order valence-corrected chi connectivity index (χ3v) is 4.95. The number of hydrogen-bond acceptors (Lipinski definition) is 3. The van der Waals surface area contributed by atoms with Crippen LogP contribution < -0.4 is 0 Å². The molecule has 0 aromatic rings. The zero-order valence-corrected chi connectivity index (χ0v) is 19.7. The van der Waals surface area contributed by atoms with Crippen molar-refractivity contribution in [3.63, 3.8) is 0 Å². The second kappa shape index (κ2) is 23.5. The maximum atomic E-state index is 10.9. The molecule has 0 amide bonds. The molecular weight excluding hydrogens is 334 g/mol. The quantitative estimate of drug-likeness (QED) is 0.245. The molecule has 1 saturated heterocycles. The van der Waals surface area contributed by atoms with Crippen molar-refractivity contribution in [3.05, 3.63) is 0 Å². The van der Waals surface area contributed by atoms with E-state index >= 15 is 0 Å². The van der Waals surface area contributed by atoms with Gasteiger partial charge in [-0.2, -0.15) is 0 Å². The first kappa shape index (κ1) is 28.6. The minimum Gasteiger partial charge on any atom is -0.462 e. The van der Waals surface area contributed by atoms with Gasteiger partial charge < -0.3 is 9.64 Å². The monoisotopic (exact) mass is 385 g/mol. The average Bonchev–Trinajstić information content (AvgIpc) is 2.70. The summed E-state index contributed by atoms with van der Waals surface area (Å²) in [4.78, 5) is 13.5. The molecule has 0 bridgehead atoms. The Morgan fingerprint density at radius 1 is 0.778 bits per heavy atom. The molecular formula is C24H51NO2. The fourth-order valence-electron chi connectivity index (χ4n) is 3.49. The summed E-state index contributed by atoms with van der Waals surface area (Å²) in [6.07, 6.45) is 17.7. The van der Waals surface area contributed by atoms with E-state index in [1.165, 1.54) is 84.1 Å². The Hall–Kier alpha value is -0.570. The highest BCUT2D eigenvalue weighted by molar-refractivity contribution is 5.66. The topological polar surface area (TPSA) is 29.5 Å². The fraction of sp³-hybridized carbons (Fsp3) is 0.958. The van der Waals surface area contributed by atoms with Gasteiger partial charge in [0.1, 0.15) is 6.10 Å². The second-order valence-electron chi connectivity index (χ2n) is 7.19. The Labute approximate surface area is 171 Å². The van der Waals surface area contributed by atoms with Gasteiger partial charge >= 0.3 is 5.97 Å². The fourth-order valence-corrected chi connectivity index (χ4v) is 3.49. The zero-order valence-electron chi connectivity index (χ0n) is 19.7. The van der Waals surface area contributed by atoms with Gasteiger partial charge in [-0.05, 0) is 25.8 Å². The third kappa shape index (κ3) is 20.0. The van der Waals surface area contributed by atoms with Crippen molar-refractivity contribution in [3.8, 4) is 0 Å². The average molecular weight is 386 g/mol. The molecule has 164 valence electrons. The number of esters is 1. The summed E-state index contributed by atoms with van der Waals surface area (Å²) in [5, 5.41) is 0. The predicted molar refractivity (Wildman–Crippen MR) is 120 cm³/mol. The van der Waals surface area contributed by atoms with Gasteiger partial charge in [-0.25, -0.2) is 0 Å². The van der Waals surface area contributed by atoms with E-state index in [9.17, 15) is 4.79 Å². The lowest BCUT2D eigenvalue weighted by atomic mass is 10.0. The molecule has 0 radical (unpaired) electrons. The molecule has 0 atom stereocenters. The molecule has 1 aliphatic heterocycles. The molecule has 3 nitrogen and oxygen atoms in total. The maximum absolute atomic E-state index is 10.9. The van der Waals surface area contributed by atoms with Crippen molar-refractivity contribution in [2.45, 2.75) is 131 Å². The van der Waals surface area contributed by atoms with Gasteiger partial charge in [-0.1, -0.05) is 98.8 Å². The number of carbonyl (C=O) groups is 1. The van der Waals surface area contributed by atoms with Crippen LogP contribution >= 0.6 is 0 Å². The molecule has 0 unspecified atom stereocenters. The molecule has 0 spiro atoms. The highest BCUT2D eigenvalue weighted by Crippen LogP contribution is 2.15. The van der Waals surface area contributed by atoms with Crippen LogP contribution in [0.1, 0.15) is 125 Å². The molecule has 0 saturated carbocycles. The molecule has 0 N–H and O–H groups in total. The third-order valence-electron chi connectivity index (χ3n) is 4.95. The van der Waals surface area contributed by atoms with Gasteiger partial charge in [0.2, 0.25) is 0 Å². The van der Waals surface area contributed by atoms with E-state index < -0.39 is 0 Å². The van der Waals surface area contributed by atoms with Crippen LogP contribution in [0.4, 0.5) is 0 Å². The molecule has 1 fully saturated rings. The highest BCUT2D eigenvalue weighted by atomic mass is 16.5. The highest BCUT2D eigenvalue weighted by Gasteiger charge is 2.20. The number of rotatable bonds is 13. The summed E-state index contributed by atoms with van der Waals surface area (Å²) in [6.45, 7) is 15.2. The van der Waals surface area contributed by atoms with Gasteiger partial charge in [0.25, 0.3) is 0 Å². The van der Waals surface area contributed by atoms with Crippen molar-refractivity contribution < 1.29 is 9.53 Å². The van der Waals surface area contributed by atoms with Crippen LogP contribution in [0, 0.1) is 0 Å². The van der Waals surface area contributed by atoms with E-state index in [1.807, 2.05) is 27.7 Å². The van der Waals surface area contributed by atoms with Gasteiger partial charge in [-0.3, -0.25) is 4.79 Å². The Kier molecular flexibility index (Phi) is 24.9. The van der Waals surface area contributed by atoms with E-state index in [-0.39, 0.29) is 12.1 Å². The van der Waals surface area contributed by atoms with Crippen molar-refractivity contribution in [2.75, 3.05) is 19.6 Å². The Morgan fingerprint density at radius 2 is 1.19 bits per heavy atom. The van der Waals surface area contributed by atoms with Crippen LogP contribution in [0.2, 0.25) is 0 Å². The first-order valence-corrected chi connectivity index (χ1v) is 12.1. The van der Waals surface area contributed by atoms with Crippen LogP contribution in [0.3, 0.4) is 0 Å². The second-order valence-corrected chi connectivity index (χ2v) is 7.19. The summed E-state index contributed by atoms with van der Waals surface area (Å²) in [5.41, 5.74) is 0. The van der Waals surface area contributed by atoms with Crippen molar-refractivity contribution in [1.82, 2.24) is 4.90 Å². The Bertz CT molecular complexity index is 286. The molecule has 0 aliphatic carbocycles. The molecule has 1 heterocycles. The van der Waals surface area contributed by atoms with Crippen LogP contribution in [-0.4, -0.2) is 36.6 Å². The largest absolute Gasteiger partial charge is 0.462 e. The standard InChI is InChI=1S/C20H39NO2.2C2H6/c1-3-4-5-6-7-8-9-10-11-12-13-16-21-17-14-20(15-18-21)23-19(2)22;2*1-2/h20H,3-18H2,1-2H3;2*1-2H3. The summed E-state index contributed by atoms with van der Waals surface area (Å²) in [6, 6.07) is 0. The Morgan fingerprint density at radius 3 is 1.59 bits per heavy atom. The van der Waals surface area contributed by atoms with E-state index in [4.69, 9.17) is 4.74 Å².